The second-order valence-corrected chi connectivity index (χ2v) is 11.8. The third kappa shape index (κ3) is 5.66. The van der Waals surface area contributed by atoms with E-state index in [1.165, 1.54) is 0 Å². The van der Waals surface area contributed by atoms with Gasteiger partial charge < -0.3 is 14.2 Å². The fourth-order valence-electron chi connectivity index (χ4n) is 3.36. The largest absolute Gasteiger partial charge is 0.508 e. The van der Waals surface area contributed by atoms with Crippen LogP contribution >= 0.6 is 8.69 Å². The molecular formula is C25H36FO3P. The normalized spacial score (nSPS) is 13.8. The minimum atomic E-state index is -2.72. The van der Waals surface area contributed by atoms with Gasteiger partial charge in [0.15, 0.2) is 0 Å². The van der Waals surface area contributed by atoms with Crippen LogP contribution in [-0.4, -0.2) is 5.11 Å². The number of aromatic hydroxyl groups is 1. The number of hydrogen-bond donors (Lipinski definition) is 1. The van der Waals surface area contributed by atoms with Crippen molar-refractivity contribution in [2.45, 2.75) is 85.5 Å². The van der Waals surface area contributed by atoms with Crippen LogP contribution in [0, 0.1) is 6.92 Å². The monoisotopic (exact) mass is 434 g/mol. The summed E-state index contributed by atoms with van der Waals surface area (Å²) in [4.78, 5) is 0. The van der Waals surface area contributed by atoms with Gasteiger partial charge in [-0.3, -0.25) is 0 Å². The molecule has 0 fully saturated rings. The molecule has 166 valence electrons. The third-order valence-corrected chi connectivity index (χ3v) is 5.73. The van der Waals surface area contributed by atoms with Crippen molar-refractivity contribution < 1.29 is 18.4 Å². The first kappa shape index (κ1) is 24.5. The summed E-state index contributed by atoms with van der Waals surface area (Å²) in [5.41, 5.74) is 2.55. The molecule has 2 aromatic carbocycles. The Hall–Kier alpha value is -1.80. The smallest absolute Gasteiger partial charge is 0.505 e. The van der Waals surface area contributed by atoms with E-state index < -0.39 is 8.69 Å². The predicted molar refractivity (Wildman–Crippen MR) is 125 cm³/mol. The van der Waals surface area contributed by atoms with Crippen molar-refractivity contribution in [3.05, 3.63) is 52.6 Å². The average Bonchev–Trinajstić information content (AvgIpc) is 2.54. The summed E-state index contributed by atoms with van der Waals surface area (Å²) in [5, 5.41) is 10.3. The molecule has 0 aliphatic carbocycles. The lowest BCUT2D eigenvalue weighted by Gasteiger charge is -2.29. The van der Waals surface area contributed by atoms with Crippen LogP contribution in [0.4, 0.5) is 4.20 Å². The summed E-state index contributed by atoms with van der Waals surface area (Å²) < 4.78 is 26.7. The molecule has 0 saturated carbocycles. The minimum absolute atomic E-state index is 0.185. The summed E-state index contributed by atoms with van der Waals surface area (Å²) in [6.45, 7) is 20.3. The maximum absolute atomic E-state index is 15.2. The Labute approximate surface area is 182 Å². The van der Waals surface area contributed by atoms with E-state index in [-0.39, 0.29) is 22.0 Å². The molecule has 0 aliphatic heterocycles. The average molecular weight is 435 g/mol. The lowest BCUT2D eigenvalue weighted by atomic mass is 9.80. The molecule has 0 spiro atoms. The van der Waals surface area contributed by atoms with Crippen LogP contribution in [0.3, 0.4) is 0 Å². The van der Waals surface area contributed by atoms with Crippen molar-refractivity contribution >= 4 is 8.69 Å². The first-order valence-corrected chi connectivity index (χ1v) is 11.4. The van der Waals surface area contributed by atoms with Crippen LogP contribution in [0.25, 0.3) is 0 Å². The zero-order chi connectivity index (χ0) is 23.1. The van der Waals surface area contributed by atoms with E-state index in [1.807, 2.05) is 39.0 Å². The number of aryl methyl sites for hydroxylation is 1. The van der Waals surface area contributed by atoms with Crippen molar-refractivity contribution in [3.63, 3.8) is 0 Å². The number of hydrogen-bond acceptors (Lipinski definition) is 3. The van der Waals surface area contributed by atoms with Crippen LogP contribution in [-0.2, 0) is 16.2 Å². The number of phenols is 1. The number of phenolic OH excluding ortho intramolecular Hbond substituents is 1. The van der Waals surface area contributed by atoms with Crippen molar-refractivity contribution in [1.29, 1.82) is 0 Å². The summed E-state index contributed by atoms with van der Waals surface area (Å²) in [6.07, 6.45) is 0. The molecule has 0 aromatic heterocycles. The van der Waals surface area contributed by atoms with E-state index in [4.69, 9.17) is 9.05 Å². The maximum atomic E-state index is 15.2. The molecule has 5 heteroatoms. The van der Waals surface area contributed by atoms with Gasteiger partial charge in [0, 0.05) is 16.7 Å². The van der Waals surface area contributed by atoms with Gasteiger partial charge >= 0.3 is 8.69 Å². The van der Waals surface area contributed by atoms with Crippen LogP contribution in [0.5, 0.6) is 17.2 Å². The van der Waals surface area contributed by atoms with E-state index in [0.29, 0.717) is 22.6 Å². The summed E-state index contributed by atoms with van der Waals surface area (Å²) in [6, 6.07) is 9.29. The van der Waals surface area contributed by atoms with Gasteiger partial charge in [-0.1, -0.05) is 80.5 Å². The highest BCUT2D eigenvalue weighted by Crippen LogP contribution is 2.49. The summed E-state index contributed by atoms with van der Waals surface area (Å²) >= 11 is 0. The molecule has 0 bridgehead atoms. The Kier molecular flexibility index (Phi) is 6.84. The highest BCUT2D eigenvalue weighted by atomic mass is 31.2. The first-order valence-electron chi connectivity index (χ1n) is 10.3. The van der Waals surface area contributed by atoms with Crippen molar-refractivity contribution in [2.24, 2.45) is 0 Å². The fraction of sp³-hybridized carbons (Fsp3) is 0.520. The molecule has 1 N–H and O–H groups in total. The Balaban J connectivity index is 2.44. The van der Waals surface area contributed by atoms with Gasteiger partial charge in [-0.15, -0.1) is 4.20 Å². The highest BCUT2D eigenvalue weighted by molar-refractivity contribution is 7.42. The molecule has 0 amide bonds. The van der Waals surface area contributed by atoms with E-state index >= 15 is 4.20 Å². The summed E-state index contributed by atoms with van der Waals surface area (Å²) in [7, 11) is -2.72. The lowest BCUT2D eigenvalue weighted by molar-refractivity contribution is 0.411. The zero-order valence-corrected chi connectivity index (χ0v) is 20.9. The van der Waals surface area contributed by atoms with E-state index in [0.717, 1.165) is 11.1 Å². The maximum Gasteiger partial charge on any atom is 0.505 e. The van der Waals surface area contributed by atoms with Crippen LogP contribution in [0.1, 0.15) is 84.6 Å². The second-order valence-electron chi connectivity index (χ2n) is 11.0. The van der Waals surface area contributed by atoms with Gasteiger partial charge in [0.05, 0.1) is 0 Å². The number of halogens is 1. The molecule has 2 aromatic rings. The van der Waals surface area contributed by atoms with Crippen molar-refractivity contribution in [1.82, 2.24) is 0 Å². The molecule has 0 aliphatic rings. The van der Waals surface area contributed by atoms with Crippen LogP contribution in [0.2, 0.25) is 0 Å². The SMILES string of the molecule is Cc1cc(O)c(C(C)(C)C)cc1OP(F)Oc1c(C(C)(C)C)cccc1C(C)(C)C. The Morgan fingerprint density at radius 2 is 1.23 bits per heavy atom. The highest BCUT2D eigenvalue weighted by Gasteiger charge is 2.30. The molecule has 1 unspecified atom stereocenters. The molecule has 0 saturated heterocycles. The van der Waals surface area contributed by atoms with Crippen molar-refractivity contribution in [2.75, 3.05) is 0 Å². The van der Waals surface area contributed by atoms with Gasteiger partial charge in [-0.25, -0.2) is 0 Å². The quantitative estimate of drug-likeness (QED) is 0.492. The van der Waals surface area contributed by atoms with E-state index in [9.17, 15) is 5.11 Å². The van der Waals surface area contributed by atoms with Gasteiger partial charge in [0.1, 0.15) is 17.2 Å². The van der Waals surface area contributed by atoms with Crippen molar-refractivity contribution in [3.8, 4) is 17.2 Å². The summed E-state index contributed by atoms with van der Waals surface area (Å²) in [5.74, 6) is 1.13. The Bertz CT molecular complexity index is 870. The molecule has 30 heavy (non-hydrogen) atoms. The van der Waals surface area contributed by atoms with E-state index in [2.05, 4.69) is 41.5 Å². The van der Waals surface area contributed by atoms with Crippen LogP contribution in [0.15, 0.2) is 30.3 Å². The molecule has 2 rings (SSSR count). The lowest BCUT2D eigenvalue weighted by Crippen LogP contribution is -2.18. The first-order chi connectivity index (χ1) is 13.5. The fourth-order valence-corrected chi connectivity index (χ4v) is 4.09. The molecule has 3 nitrogen and oxygen atoms in total. The molecule has 0 radical (unpaired) electrons. The topological polar surface area (TPSA) is 38.7 Å². The van der Waals surface area contributed by atoms with E-state index in [1.54, 1.807) is 19.1 Å². The van der Waals surface area contributed by atoms with Gasteiger partial charge in [0.2, 0.25) is 0 Å². The number of para-hydroxylation sites is 1. The number of rotatable bonds is 4. The predicted octanol–water partition coefficient (Wildman–Crippen LogP) is 8.25. The van der Waals surface area contributed by atoms with Crippen LogP contribution < -0.4 is 9.05 Å². The number of benzene rings is 2. The standard InChI is InChI=1S/C25H36FO3P/c1-16-14-20(27)19(25(8,9)10)15-21(16)28-30(26)29-22-17(23(2,3)4)12-11-13-18(22)24(5,6)7/h11-15,27H,1-10H3. The Morgan fingerprint density at radius 3 is 1.67 bits per heavy atom. The Morgan fingerprint density at radius 1 is 0.767 bits per heavy atom. The molecule has 0 heterocycles. The second kappa shape index (κ2) is 8.38. The van der Waals surface area contributed by atoms with Gasteiger partial charge in [-0.2, -0.15) is 0 Å². The minimum Gasteiger partial charge on any atom is -0.508 e. The van der Waals surface area contributed by atoms with Gasteiger partial charge in [0.25, 0.3) is 0 Å². The zero-order valence-electron chi connectivity index (χ0n) is 20.0. The molecular weight excluding hydrogens is 398 g/mol. The van der Waals surface area contributed by atoms with Gasteiger partial charge in [-0.05, 0) is 40.9 Å². The third-order valence-electron chi connectivity index (χ3n) is 5.07. The molecule has 1 atom stereocenters.